The first kappa shape index (κ1) is 14.7. The van der Waals surface area contributed by atoms with Gasteiger partial charge in [0.05, 0.1) is 5.52 Å². The molecule has 1 aromatic heterocycles. The Hall–Kier alpha value is -3.22. The summed E-state index contributed by atoms with van der Waals surface area (Å²) in [6, 6.07) is 9.18. The van der Waals surface area contributed by atoms with Crippen LogP contribution in [0.5, 0.6) is 5.75 Å². The van der Waals surface area contributed by atoms with Crippen LogP contribution in [0.1, 0.15) is 10.4 Å². The number of hydrogen-bond donors (Lipinski definition) is 3. The highest BCUT2D eigenvalue weighted by Crippen LogP contribution is 2.25. The van der Waals surface area contributed by atoms with Crippen LogP contribution in [0.3, 0.4) is 0 Å². The summed E-state index contributed by atoms with van der Waals surface area (Å²) in [5, 5.41) is 12.7. The number of H-pyrrole nitrogens is 1. The van der Waals surface area contributed by atoms with E-state index in [9.17, 15) is 23.5 Å². The van der Waals surface area contributed by atoms with Crippen LogP contribution in [0.25, 0.3) is 10.9 Å². The van der Waals surface area contributed by atoms with E-state index in [0.29, 0.717) is 10.9 Å². The van der Waals surface area contributed by atoms with Crippen molar-refractivity contribution in [3.63, 3.8) is 0 Å². The van der Waals surface area contributed by atoms with Gasteiger partial charge in [-0.15, -0.1) is 0 Å². The zero-order chi connectivity index (χ0) is 16.6. The molecule has 3 aromatic rings. The molecule has 0 atom stereocenters. The highest BCUT2D eigenvalue weighted by molar-refractivity contribution is 6.08. The summed E-state index contributed by atoms with van der Waals surface area (Å²) in [5.41, 5.74) is -0.963. The second kappa shape index (κ2) is 5.53. The normalized spacial score (nSPS) is 10.7. The van der Waals surface area contributed by atoms with Crippen molar-refractivity contribution in [1.82, 2.24) is 4.98 Å². The second-order valence-corrected chi connectivity index (χ2v) is 4.81. The van der Waals surface area contributed by atoms with Crippen molar-refractivity contribution in [1.29, 1.82) is 0 Å². The molecule has 7 heteroatoms. The number of carbonyl (C=O) groups excluding carboxylic acids is 1. The average Bonchev–Trinajstić information content (AvgIpc) is 2.51. The number of aromatic nitrogens is 1. The molecule has 23 heavy (non-hydrogen) atoms. The number of aromatic hydroxyl groups is 1. The average molecular weight is 316 g/mol. The molecule has 3 rings (SSSR count). The third-order valence-electron chi connectivity index (χ3n) is 3.30. The summed E-state index contributed by atoms with van der Waals surface area (Å²) in [7, 11) is 0. The van der Waals surface area contributed by atoms with Gasteiger partial charge in [0.2, 0.25) is 0 Å². The van der Waals surface area contributed by atoms with Crippen LogP contribution in [-0.2, 0) is 0 Å². The summed E-state index contributed by atoms with van der Waals surface area (Å²) in [4.78, 5) is 26.7. The number of para-hydroxylation sites is 1. The summed E-state index contributed by atoms with van der Waals surface area (Å²) in [5.74, 6) is -3.61. The molecule has 116 valence electrons. The predicted octanol–water partition coefficient (Wildman–Crippen LogP) is 2.76. The molecule has 0 aliphatic rings. The van der Waals surface area contributed by atoms with Crippen molar-refractivity contribution in [2.75, 3.05) is 5.32 Å². The molecule has 0 radical (unpaired) electrons. The predicted molar refractivity (Wildman–Crippen MR) is 80.5 cm³/mol. The molecule has 0 spiro atoms. The van der Waals surface area contributed by atoms with E-state index < -0.39 is 34.4 Å². The number of anilines is 1. The molecule has 0 saturated heterocycles. The lowest BCUT2D eigenvalue weighted by Crippen LogP contribution is -2.23. The smallest absolute Gasteiger partial charge is 0.265 e. The number of benzene rings is 2. The molecule has 3 N–H and O–H groups in total. The number of amides is 1. The van der Waals surface area contributed by atoms with Gasteiger partial charge in [-0.25, -0.2) is 8.78 Å². The maximum absolute atomic E-state index is 13.2. The first-order valence-electron chi connectivity index (χ1n) is 6.58. The van der Waals surface area contributed by atoms with Crippen molar-refractivity contribution < 1.29 is 18.7 Å². The van der Waals surface area contributed by atoms with E-state index in [1.807, 2.05) is 0 Å². The Balaban J connectivity index is 2.04. The number of hydrogen-bond acceptors (Lipinski definition) is 3. The second-order valence-electron chi connectivity index (χ2n) is 4.81. The number of halogens is 2. The standard InChI is InChI=1S/C16H10F2N2O3/c17-10-6-5-8(7-11(10)18)19-15(22)13-14(21)9-3-1-2-4-12(9)20-16(13)23/h1-7H,(H,19,22)(H2,20,21,23). The monoisotopic (exact) mass is 316 g/mol. The Bertz CT molecular complexity index is 983. The molecule has 0 aliphatic carbocycles. The van der Waals surface area contributed by atoms with Crippen LogP contribution in [-0.4, -0.2) is 16.0 Å². The zero-order valence-corrected chi connectivity index (χ0v) is 11.6. The van der Waals surface area contributed by atoms with Gasteiger partial charge in [-0.1, -0.05) is 12.1 Å². The van der Waals surface area contributed by atoms with E-state index >= 15 is 0 Å². The van der Waals surface area contributed by atoms with Gasteiger partial charge in [-0.05, 0) is 24.3 Å². The Morgan fingerprint density at radius 2 is 1.83 bits per heavy atom. The number of fused-ring (bicyclic) bond motifs is 1. The summed E-state index contributed by atoms with van der Waals surface area (Å²) < 4.78 is 26.0. The molecular formula is C16H10F2N2O3. The van der Waals surface area contributed by atoms with Crippen molar-refractivity contribution in [3.05, 3.63) is 70.0 Å². The fourth-order valence-corrected chi connectivity index (χ4v) is 2.20. The number of pyridine rings is 1. The first-order chi connectivity index (χ1) is 11.0. The lowest BCUT2D eigenvalue weighted by atomic mass is 10.1. The lowest BCUT2D eigenvalue weighted by molar-refractivity contribution is 0.102. The highest BCUT2D eigenvalue weighted by Gasteiger charge is 2.19. The Morgan fingerprint density at radius 3 is 2.57 bits per heavy atom. The topological polar surface area (TPSA) is 82.2 Å². The molecule has 5 nitrogen and oxygen atoms in total. The van der Waals surface area contributed by atoms with Gasteiger partial charge in [0, 0.05) is 17.1 Å². The van der Waals surface area contributed by atoms with Crippen molar-refractivity contribution in [2.45, 2.75) is 0 Å². The third kappa shape index (κ3) is 2.64. The third-order valence-corrected chi connectivity index (χ3v) is 3.30. The summed E-state index contributed by atoms with van der Waals surface area (Å²) >= 11 is 0. The van der Waals surface area contributed by atoms with Gasteiger partial charge >= 0.3 is 0 Å². The SMILES string of the molecule is O=C(Nc1ccc(F)c(F)c1)c1c(O)c2ccccc2[nH]c1=O. The number of rotatable bonds is 2. The molecule has 0 aliphatic heterocycles. The van der Waals surface area contributed by atoms with Crippen molar-refractivity contribution in [3.8, 4) is 5.75 Å². The number of nitrogens with one attached hydrogen (secondary N) is 2. The maximum Gasteiger partial charge on any atom is 0.265 e. The minimum absolute atomic E-state index is 0.0409. The van der Waals surface area contributed by atoms with Crippen molar-refractivity contribution in [2.24, 2.45) is 0 Å². The van der Waals surface area contributed by atoms with Crippen LogP contribution in [0, 0.1) is 11.6 Å². The maximum atomic E-state index is 13.2. The fourth-order valence-electron chi connectivity index (χ4n) is 2.20. The van der Waals surface area contributed by atoms with Crippen LogP contribution >= 0.6 is 0 Å². The highest BCUT2D eigenvalue weighted by atomic mass is 19.2. The summed E-state index contributed by atoms with van der Waals surface area (Å²) in [6.07, 6.45) is 0. The minimum Gasteiger partial charge on any atom is -0.506 e. The van der Waals surface area contributed by atoms with Gasteiger partial charge in [-0.3, -0.25) is 9.59 Å². The lowest BCUT2D eigenvalue weighted by Gasteiger charge is -2.08. The first-order valence-corrected chi connectivity index (χ1v) is 6.58. The van der Waals surface area contributed by atoms with E-state index in [1.54, 1.807) is 18.2 Å². The molecule has 0 bridgehead atoms. The van der Waals surface area contributed by atoms with Crippen LogP contribution in [0.15, 0.2) is 47.3 Å². The summed E-state index contributed by atoms with van der Waals surface area (Å²) in [6.45, 7) is 0. The Kier molecular flexibility index (Phi) is 3.53. The minimum atomic E-state index is -1.14. The molecular weight excluding hydrogens is 306 g/mol. The molecule has 1 amide bonds. The van der Waals surface area contributed by atoms with E-state index in [-0.39, 0.29) is 5.69 Å². The quantitative estimate of drug-likeness (QED) is 0.680. The van der Waals surface area contributed by atoms with E-state index in [0.717, 1.165) is 18.2 Å². The largest absolute Gasteiger partial charge is 0.506 e. The van der Waals surface area contributed by atoms with Gasteiger partial charge in [0.15, 0.2) is 11.6 Å². The molecule has 2 aromatic carbocycles. The number of carbonyl (C=O) groups is 1. The van der Waals surface area contributed by atoms with Crippen molar-refractivity contribution >= 4 is 22.5 Å². The van der Waals surface area contributed by atoms with Gasteiger partial charge in [0.1, 0.15) is 11.3 Å². The molecule has 0 fully saturated rings. The van der Waals surface area contributed by atoms with Gasteiger partial charge < -0.3 is 15.4 Å². The van der Waals surface area contributed by atoms with E-state index in [1.165, 1.54) is 6.07 Å². The fraction of sp³-hybridized carbons (Fsp3) is 0. The van der Waals surface area contributed by atoms with Gasteiger partial charge in [0.25, 0.3) is 11.5 Å². The van der Waals surface area contributed by atoms with Crippen LogP contribution < -0.4 is 10.9 Å². The van der Waals surface area contributed by atoms with E-state index in [4.69, 9.17) is 0 Å². The number of aromatic amines is 1. The van der Waals surface area contributed by atoms with E-state index in [2.05, 4.69) is 10.3 Å². The molecule has 1 heterocycles. The molecule has 0 saturated carbocycles. The van der Waals surface area contributed by atoms with Crippen LogP contribution in [0.2, 0.25) is 0 Å². The van der Waals surface area contributed by atoms with Gasteiger partial charge in [-0.2, -0.15) is 0 Å². The Labute approximate surface area is 128 Å². The zero-order valence-electron chi connectivity index (χ0n) is 11.6. The van der Waals surface area contributed by atoms with Crippen LogP contribution in [0.4, 0.5) is 14.5 Å². The molecule has 0 unspecified atom stereocenters. The Morgan fingerprint density at radius 1 is 1.09 bits per heavy atom.